The fraction of sp³-hybridized carbons (Fsp3) is 0.276. The van der Waals surface area contributed by atoms with Crippen LogP contribution in [0, 0.1) is 13.8 Å². The molecule has 13 nitrogen and oxygen atoms in total. The number of nitrogens with zero attached hydrogens (tertiary/aromatic N) is 4. The monoisotopic (exact) mass is 568 g/mol. The van der Waals surface area contributed by atoms with E-state index in [9.17, 15) is 24.0 Å². The summed E-state index contributed by atoms with van der Waals surface area (Å²) in [6.45, 7) is 4.56. The smallest absolute Gasteiger partial charge is 0.264 e. The fourth-order valence-electron chi connectivity index (χ4n) is 5.39. The molecule has 0 saturated carbocycles. The molecule has 1 atom stereocenters. The second kappa shape index (κ2) is 10.6. The Bertz CT molecular complexity index is 1810. The molecule has 2 aliphatic rings. The first-order valence-corrected chi connectivity index (χ1v) is 13.6. The van der Waals surface area contributed by atoms with Gasteiger partial charge in [-0.15, -0.1) is 0 Å². The summed E-state index contributed by atoms with van der Waals surface area (Å²) in [4.78, 5) is 72.8. The van der Waals surface area contributed by atoms with Crippen LogP contribution in [0.25, 0.3) is 16.7 Å². The zero-order valence-electron chi connectivity index (χ0n) is 23.0. The molecular formula is C29H28N8O5. The van der Waals surface area contributed by atoms with Gasteiger partial charge in [0, 0.05) is 37.1 Å². The Hall–Kier alpha value is -5.33. The molecule has 2 aliphatic heterocycles. The van der Waals surface area contributed by atoms with Gasteiger partial charge in [-0.3, -0.25) is 38.6 Å². The first kappa shape index (κ1) is 26.9. The largest absolute Gasteiger partial charge is 0.375 e. The Morgan fingerprint density at radius 1 is 1.05 bits per heavy atom. The number of rotatable bonds is 8. The molecule has 0 aliphatic carbocycles. The van der Waals surface area contributed by atoms with E-state index in [0.29, 0.717) is 30.2 Å². The summed E-state index contributed by atoms with van der Waals surface area (Å²) in [6, 6.07) is 9.66. The van der Waals surface area contributed by atoms with E-state index in [1.165, 1.54) is 6.07 Å². The topological polar surface area (TPSA) is 167 Å². The number of hydrogen-bond donors (Lipinski definition) is 4. The minimum Gasteiger partial charge on any atom is -0.375 e. The molecule has 1 unspecified atom stereocenters. The maximum Gasteiger partial charge on any atom is 0.264 e. The van der Waals surface area contributed by atoms with E-state index in [4.69, 9.17) is 4.98 Å². The van der Waals surface area contributed by atoms with E-state index < -0.39 is 29.7 Å². The third-order valence-corrected chi connectivity index (χ3v) is 7.40. The van der Waals surface area contributed by atoms with Gasteiger partial charge in [-0.05, 0) is 50.1 Å². The summed E-state index contributed by atoms with van der Waals surface area (Å²) in [5.41, 5.74) is 5.14. The number of anilines is 2. The molecule has 0 spiro atoms. The predicted octanol–water partition coefficient (Wildman–Crippen LogP) is 1.54. The lowest BCUT2D eigenvalue weighted by atomic mass is 10.0. The number of amides is 5. The van der Waals surface area contributed by atoms with Crippen molar-refractivity contribution < 1.29 is 24.0 Å². The van der Waals surface area contributed by atoms with Gasteiger partial charge in [-0.25, -0.2) is 9.97 Å². The lowest BCUT2D eigenvalue weighted by Crippen LogP contribution is -2.54. The lowest BCUT2D eigenvalue weighted by molar-refractivity contribution is -0.136. The summed E-state index contributed by atoms with van der Waals surface area (Å²) >= 11 is 0. The molecule has 4 heterocycles. The number of imide groups is 2. The number of imidazole rings is 1. The SMILES string of the molecule is Cc1ccc2nc(NCCNC(=O)CNc3cccc4c3C(=O)N(C3CCC(=O)NC3=O)C4=O)c3ncc(C)n3c2c1. The van der Waals surface area contributed by atoms with Crippen molar-refractivity contribution >= 4 is 57.7 Å². The van der Waals surface area contributed by atoms with Crippen molar-refractivity contribution in [1.82, 2.24) is 29.9 Å². The second-order valence-corrected chi connectivity index (χ2v) is 10.3. The molecule has 6 rings (SSSR count). The average Bonchev–Trinajstić information content (AvgIpc) is 3.48. The highest BCUT2D eigenvalue weighted by molar-refractivity contribution is 6.25. The van der Waals surface area contributed by atoms with Crippen LogP contribution in [0.5, 0.6) is 0 Å². The number of hydrogen-bond acceptors (Lipinski definition) is 9. The molecule has 4 N–H and O–H groups in total. The summed E-state index contributed by atoms with van der Waals surface area (Å²) < 4.78 is 2.05. The highest BCUT2D eigenvalue weighted by Crippen LogP contribution is 2.32. The van der Waals surface area contributed by atoms with Crippen molar-refractivity contribution in [2.45, 2.75) is 32.7 Å². The lowest BCUT2D eigenvalue weighted by Gasteiger charge is -2.27. The predicted molar refractivity (Wildman–Crippen MR) is 153 cm³/mol. The molecule has 2 aromatic carbocycles. The molecular weight excluding hydrogens is 540 g/mol. The van der Waals surface area contributed by atoms with Crippen LogP contribution >= 0.6 is 0 Å². The van der Waals surface area contributed by atoms with Crippen LogP contribution in [0.15, 0.2) is 42.6 Å². The van der Waals surface area contributed by atoms with Gasteiger partial charge in [0.05, 0.1) is 28.7 Å². The van der Waals surface area contributed by atoms with Gasteiger partial charge in [-0.2, -0.15) is 0 Å². The first-order chi connectivity index (χ1) is 20.2. The summed E-state index contributed by atoms with van der Waals surface area (Å²) in [6.07, 6.45) is 1.89. The highest BCUT2D eigenvalue weighted by atomic mass is 16.2. The number of aryl methyl sites for hydroxylation is 2. The van der Waals surface area contributed by atoms with Gasteiger partial charge >= 0.3 is 0 Å². The van der Waals surface area contributed by atoms with E-state index in [0.717, 1.165) is 27.2 Å². The molecule has 2 aromatic heterocycles. The average molecular weight is 569 g/mol. The van der Waals surface area contributed by atoms with Crippen molar-refractivity contribution in [2.75, 3.05) is 30.3 Å². The summed E-state index contributed by atoms with van der Waals surface area (Å²) in [5, 5.41) is 11.2. The normalized spacial score (nSPS) is 16.6. The molecule has 214 valence electrons. The molecule has 5 amide bonds. The maximum atomic E-state index is 13.2. The zero-order valence-corrected chi connectivity index (χ0v) is 23.0. The minimum absolute atomic E-state index is 0.0349. The molecule has 1 saturated heterocycles. The third-order valence-electron chi connectivity index (χ3n) is 7.40. The van der Waals surface area contributed by atoms with E-state index in [1.54, 1.807) is 18.3 Å². The number of carbonyl (C=O) groups excluding carboxylic acids is 5. The van der Waals surface area contributed by atoms with Crippen molar-refractivity contribution in [3.63, 3.8) is 0 Å². The minimum atomic E-state index is -1.06. The number of piperidine rings is 1. The van der Waals surface area contributed by atoms with Gasteiger partial charge in [-0.1, -0.05) is 12.1 Å². The molecule has 0 radical (unpaired) electrons. The van der Waals surface area contributed by atoms with E-state index >= 15 is 0 Å². The Kier molecular flexibility index (Phi) is 6.77. The second-order valence-electron chi connectivity index (χ2n) is 10.3. The van der Waals surface area contributed by atoms with Crippen molar-refractivity contribution in [2.24, 2.45) is 0 Å². The van der Waals surface area contributed by atoms with Crippen molar-refractivity contribution in [1.29, 1.82) is 0 Å². The maximum absolute atomic E-state index is 13.2. The molecule has 1 fully saturated rings. The van der Waals surface area contributed by atoms with Gasteiger partial charge in [0.2, 0.25) is 17.7 Å². The number of aromatic nitrogens is 3. The van der Waals surface area contributed by atoms with Crippen LogP contribution in [-0.4, -0.2) is 74.5 Å². The highest BCUT2D eigenvalue weighted by Gasteiger charge is 2.45. The standard InChI is InChI=1S/C29H28N8O5/c1-15-6-7-18-21(12-15)36-16(2)13-33-26(36)25(34-18)31-11-10-30-23(39)14-32-19-5-3-4-17-24(19)29(42)37(28(17)41)20-8-9-22(38)35-27(20)40/h3-7,12-13,20,32H,8-11,14H2,1-2H3,(H,30,39)(H,31,34)(H,35,38,40). The van der Waals surface area contributed by atoms with Gasteiger partial charge in [0.25, 0.3) is 11.8 Å². The van der Waals surface area contributed by atoms with Crippen molar-refractivity contribution in [3.05, 3.63) is 65.0 Å². The van der Waals surface area contributed by atoms with Gasteiger partial charge in [0.1, 0.15) is 6.04 Å². The van der Waals surface area contributed by atoms with Crippen LogP contribution in [0.4, 0.5) is 11.5 Å². The quantitative estimate of drug-likeness (QED) is 0.182. The van der Waals surface area contributed by atoms with Crippen LogP contribution in [0.3, 0.4) is 0 Å². The Morgan fingerprint density at radius 2 is 1.88 bits per heavy atom. The molecule has 4 aromatic rings. The number of benzene rings is 2. The Labute approximate surface area is 239 Å². The zero-order chi connectivity index (χ0) is 29.5. The van der Waals surface area contributed by atoms with E-state index in [2.05, 4.69) is 32.3 Å². The van der Waals surface area contributed by atoms with E-state index in [1.807, 2.05) is 30.4 Å². The number of nitrogens with one attached hydrogen (secondary N) is 4. The van der Waals surface area contributed by atoms with Crippen LogP contribution in [-0.2, 0) is 14.4 Å². The summed E-state index contributed by atoms with van der Waals surface area (Å²) in [5.74, 6) is -2.09. The Morgan fingerprint density at radius 3 is 2.69 bits per heavy atom. The third kappa shape index (κ3) is 4.68. The molecule has 13 heteroatoms. The first-order valence-electron chi connectivity index (χ1n) is 13.6. The number of fused-ring (bicyclic) bond motifs is 4. The van der Waals surface area contributed by atoms with Crippen molar-refractivity contribution in [3.8, 4) is 0 Å². The molecule has 0 bridgehead atoms. The fourth-order valence-corrected chi connectivity index (χ4v) is 5.39. The van der Waals surface area contributed by atoms with Gasteiger partial charge < -0.3 is 16.0 Å². The Balaban J connectivity index is 1.07. The van der Waals surface area contributed by atoms with Crippen LogP contribution in [0.1, 0.15) is 44.8 Å². The number of carbonyl (C=O) groups is 5. The van der Waals surface area contributed by atoms with Crippen LogP contribution in [0.2, 0.25) is 0 Å². The van der Waals surface area contributed by atoms with Gasteiger partial charge in [0.15, 0.2) is 11.5 Å². The van der Waals surface area contributed by atoms with E-state index in [-0.39, 0.29) is 36.4 Å². The van der Waals surface area contributed by atoms with Crippen LogP contribution < -0.4 is 21.3 Å². The summed E-state index contributed by atoms with van der Waals surface area (Å²) in [7, 11) is 0. The molecule has 42 heavy (non-hydrogen) atoms.